The minimum Gasteiger partial charge on any atom is -0.356 e. The van der Waals surface area contributed by atoms with Crippen molar-refractivity contribution in [3.05, 3.63) is 12.4 Å². The molecule has 130 valence electrons. The van der Waals surface area contributed by atoms with Crippen LogP contribution in [0, 0.1) is 0 Å². The van der Waals surface area contributed by atoms with Crippen molar-refractivity contribution in [3.63, 3.8) is 0 Å². The van der Waals surface area contributed by atoms with Gasteiger partial charge in [0.2, 0.25) is 0 Å². The highest BCUT2D eigenvalue weighted by Gasteiger charge is 2.20. The highest BCUT2D eigenvalue weighted by atomic mass is 15.4. The van der Waals surface area contributed by atoms with E-state index in [-0.39, 0.29) is 0 Å². The molecule has 1 aliphatic rings. The minimum atomic E-state index is 0.575. The molecule has 0 spiro atoms. The molecule has 0 aliphatic carbocycles. The Morgan fingerprint density at radius 1 is 0.591 bits per heavy atom. The van der Waals surface area contributed by atoms with E-state index in [2.05, 4.69) is 43.0 Å². The van der Waals surface area contributed by atoms with Crippen molar-refractivity contribution in [2.75, 3.05) is 13.1 Å². The number of hydrogen-bond donors (Lipinski definition) is 0. The second-order valence-corrected chi connectivity index (χ2v) is 6.94. The molecule has 1 unspecified atom stereocenters. The third-order valence-corrected chi connectivity index (χ3v) is 4.95. The minimum absolute atomic E-state index is 0.575. The van der Waals surface area contributed by atoms with E-state index < -0.39 is 0 Å². The molecule has 0 amide bonds. The summed E-state index contributed by atoms with van der Waals surface area (Å²) in [4.78, 5) is 5.02. The van der Waals surface area contributed by atoms with Crippen molar-refractivity contribution >= 4 is 0 Å². The normalized spacial score (nSPS) is 17.7. The molecule has 22 heavy (non-hydrogen) atoms. The summed E-state index contributed by atoms with van der Waals surface area (Å²) in [5.41, 5.74) is 0. The molecule has 2 nitrogen and oxygen atoms in total. The second kappa shape index (κ2) is 12.8. The van der Waals surface area contributed by atoms with Crippen LogP contribution in [0.2, 0.25) is 0 Å². The first-order chi connectivity index (χ1) is 10.8. The van der Waals surface area contributed by atoms with Gasteiger partial charge in [0.15, 0.2) is 0 Å². The van der Waals surface area contributed by atoms with Crippen molar-refractivity contribution in [2.24, 2.45) is 0 Å². The molecule has 1 atom stereocenters. The third-order valence-electron chi connectivity index (χ3n) is 4.95. The Balaban J connectivity index is 1.96. The summed E-state index contributed by atoms with van der Waals surface area (Å²) in [6.45, 7) is 9.37. The fourth-order valence-electron chi connectivity index (χ4n) is 3.28. The van der Waals surface area contributed by atoms with Gasteiger partial charge in [0.25, 0.3) is 0 Å². The van der Waals surface area contributed by atoms with Gasteiger partial charge in [0.1, 0.15) is 0 Å². The van der Waals surface area contributed by atoms with Gasteiger partial charge in [0.05, 0.1) is 6.17 Å². The van der Waals surface area contributed by atoms with Crippen LogP contribution in [0.4, 0.5) is 0 Å². The van der Waals surface area contributed by atoms with Gasteiger partial charge in [-0.1, -0.05) is 78.1 Å². The predicted octanol–water partition coefficient (Wildman–Crippen LogP) is 6.14. The first-order valence-corrected chi connectivity index (χ1v) is 9.99. The Bertz CT molecular complexity index is 275. The lowest BCUT2D eigenvalue weighted by molar-refractivity contribution is 0.165. The van der Waals surface area contributed by atoms with E-state index in [0.29, 0.717) is 6.17 Å². The van der Waals surface area contributed by atoms with Gasteiger partial charge < -0.3 is 9.80 Å². The average Bonchev–Trinajstić information content (AvgIpc) is 2.87. The lowest BCUT2D eigenvalue weighted by Gasteiger charge is -2.29. The van der Waals surface area contributed by atoms with Gasteiger partial charge >= 0.3 is 0 Å². The maximum absolute atomic E-state index is 2.52. The van der Waals surface area contributed by atoms with Crippen molar-refractivity contribution in [1.82, 2.24) is 9.80 Å². The van der Waals surface area contributed by atoms with E-state index in [0.717, 1.165) is 0 Å². The van der Waals surface area contributed by atoms with Crippen LogP contribution in [0.5, 0.6) is 0 Å². The summed E-state index contributed by atoms with van der Waals surface area (Å²) in [5, 5.41) is 0. The van der Waals surface area contributed by atoms with Crippen LogP contribution in [0.15, 0.2) is 12.4 Å². The molecule has 1 heterocycles. The van der Waals surface area contributed by atoms with Gasteiger partial charge in [0, 0.05) is 25.5 Å². The van der Waals surface area contributed by atoms with Crippen LogP contribution < -0.4 is 0 Å². The van der Waals surface area contributed by atoms with Crippen molar-refractivity contribution in [2.45, 2.75) is 104 Å². The Kier molecular flexibility index (Phi) is 11.3. The van der Waals surface area contributed by atoms with Crippen LogP contribution in [0.3, 0.4) is 0 Å². The van der Waals surface area contributed by atoms with Gasteiger partial charge in [-0.25, -0.2) is 0 Å². The molecule has 0 bridgehead atoms. The van der Waals surface area contributed by atoms with Crippen LogP contribution in [-0.2, 0) is 0 Å². The van der Waals surface area contributed by atoms with Gasteiger partial charge in [-0.15, -0.1) is 0 Å². The largest absolute Gasteiger partial charge is 0.356 e. The number of hydrogen-bond acceptors (Lipinski definition) is 2. The molecule has 0 radical (unpaired) electrons. The Morgan fingerprint density at radius 2 is 0.955 bits per heavy atom. The first-order valence-electron chi connectivity index (χ1n) is 9.99. The SMILES string of the molecule is CCCCCCCCCCCN1C=CN(CCCCC)C1C. The van der Waals surface area contributed by atoms with E-state index in [1.165, 1.54) is 90.1 Å². The van der Waals surface area contributed by atoms with Crippen molar-refractivity contribution in [3.8, 4) is 0 Å². The lowest BCUT2D eigenvalue weighted by Crippen LogP contribution is -2.36. The number of rotatable bonds is 14. The molecule has 0 saturated carbocycles. The number of nitrogens with zero attached hydrogens (tertiary/aromatic N) is 2. The van der Waals surface area contributed by atoms with E-state index in [1.54, 1.807) is 0 Å². The van der Waals surface area contributed by atoms with Crippen LogP contribution in [-0.4, -0.2) is 29.1 Å². The second-order valence-electron chi connectivity index (χ2n) is 6.94. The summed E-state index contributed by atoms with van der Waals surface area (Å²) in [5.74, 6) is 0. The summed E-state index contributed by atoms with van der Waals surface area (Å²) >= 11 is 0. The zero-order chi connectivity index (χ0) is 16.0. The Morgan fingerprint density at radius 3 is 1.45 bits per heavy atom. The van der Waals surface area contributed by atoms with Crippen molar-refractivity contribution < 1.29 is 0 Å². The smallest absolute Gasteiger partial charge is 0.0977 e. The first kappa shape index (κ1) is 19.4. The van der Waals surface area contributed by atoms with Crippen LogP contribution in [0.25, 0.3) is 0 Å². The number of unbranched alkanes of at least 4 members (excludes halogenated alkanes) is 10. The quantitative estimate of drug-likeness (QED) is 0.355. The molecule has 0 fully saturated rings. The summed E-state index contributed by atoms with van der Waals surface area (Å²) in [7, 11) is 0. The zero-order valence-corrected chi connectivity index (χ0v) is 15.5. The van der Waals surface area contributed by atoms with E-state index >= 15 is 0 Å². The van der Waals surface area contributed by atoms with Crippen LogP contribution >= 0.6 is 0 Å². The third kappa shape index (κ3) is 8.10. The highest BCUT2D eigenvalue weighted by molar-refractivity contribution is 4.95. The van der Waals surface area contributed by atoms with Gasteiger partial charge in [-0.05, 0) is 19.8 Å². The fraction of sp³-hybridized carbons (Fsp3) is 0.900. The van der Waals surface area contributed by atoms with E-state index in [4.69, 9.17) is 0 Å². The van der Waals surface area contributed by atoms with E-state index in [9.17, 15) is 0 Å². The summed E-state index contributed by atoms with van der Waals surface area (Å²) in [6.07, 6.45) is 21.9. The molecule has 2 heteroatoms. The Hall–Kier alpha value is -0.660. The summed E-state index contributed by atoms with van der Waals surface area (Å²) < 4.78 is 0. The molecule has 1 aliphatic heterocycles. The summed E-state index contributed by atoms with van der Waals surface area (Å²) in [6, 6.07) is 0. The molecular weight excluding hydrogens is 268 g/mol. The maximum Gasteiger partial charge on any atom is 0.0977 e. The topological polar surface area (TPSA) is 6.48 Å². The van der Waals surface area contributed by atoms with Gasteiger partial charge in [-0.3, -0.25) is 0 Å². The van der Waals surface area contributed by atoms with Gasteiger partial charge in [-0.2, -0.15) is 0 Å². The molecule has 0 aromatic heterocycles. The molecule has 0 saturated heterocycles. The average molecular weight is 309 g/mol. The highest BCUT2D eigenvalue weighted by Crippen LogP contribution is 2.18. The van der Waals surface area contributed by atoms with Crippen molar-refractivity contribution in [1.29, 1.82) is 0 Å². The Labute approximate surface area is 139 Å². The molecule has 0 N–H and O–H groups in total. The maximum atomic E-state index is 2.52. The standard InChI is InChI=1S/C20H40N2/c1-4-6-8-9-10-11-12-13-15-17-22-19-18-21(20(22)3)16-14-7-5-2/h18-20H,4-17H2,1-3H3. The fourth-order valence-corrected chi connectivity index (χ4v) is 3.28. The molecule has 0 aromatic carbocycles. The van der Waals surface area contributed by atoms with Crippen LogP contribution in [0.1, 0.15) is 97.8 Å². The predicted molar refractivity (Wildman–Crippen MR) is 98.8 cm³/mol. The molecular formula is C20H40N2. The molecule has 0 aromatic rings. The van der Waals surface area contributed by atoms with E-state index in [1.807, 2.05) is 0 Å². The zero-order valence-electron chi connectivity index (χ0n) is 15.5. The lowest BCUT2D eigenvalue weighted by atomic mass is 10.1. The monoisotopic (exact) mass is 308 g/mol. The molecule has 1 rings (SSSR count).